The topological polar surface area (TPSA) is 176 Å². The van der Waals surface area contributed by atoms with Crippen LogP contribution in [0.15, 0.2) is 66.9 Å². The highest BCUT2D eigenvalue weighted by molar-refractivity contribution is 5.89. The zero-order valence-corrected chi connectivity index (χ0v) is 22.5. The quantitative estimate of drug-likeness (QED) is 0.150. The minimum Gasteiger partial charge on any atom is -0.492 e. The Balaban J connectivity index is 1.46. The van der Waals surface area contributed by atoms with Crippen LogP contribution in [0.4, 0.5) is 10.1 Å². The van der Waals surface area contributed by atoms with Gasteiger partial charge in [-0.15, -0.1) is 0 Å². The summed E-state index contributed by atoms with van der Waals surface area (Å²) in [7, 11) is 0. The number of nitrogens with zero attached hydrogens (tertiary/aromatic N) is 3. The molecule has 0 amide bonds. The van der Waals surface area contributed by atoms with Crippen LogP contribution in [-0.4, -0.2) is 54.7 Å². The number of anilines is 1. The second-order valence-corrected chi connectivity index (χ2v) is 9.56. The van der Waals surface area contributed by atoms with Gasteiger partial charge in [0.15, 0.2) is 5.82 Å². The average Bonchev–Trinajstić information content (AvgIpc) is 3.40. The molecule has 0 aliphatic carbocycles. The van der Waals surface area contributed by atoms with Gasteiger partial charge in [-0.2, -0.15) is 0 Å². The Kier molecular flexibility index (Phi) is 8.07. The maximum atomic E-state index is 14.7. The molecule has 0 aliphatic rings. The van der Waals surface area contributed by atoms with Crippen LogP contribution < -0.4 is 15.8 Å². The maximum absolute atomic E-state index is 14.7. The first-order valence-electron chi connectivity index (χ1n) is 13.0. The van der Waals surface area contributed by atoms with E-state index in [1.165, 1.54) is 18.2 Å². The Morgan fingerprint density at radius 2 is 1.90 bits per heavy atom. The van der Waals surface area contributed by atoms with E-state index in [-0.39, 0.29) is 25.3 Å². The van der Waals surface area contributed by atoms with E-state index in [0.717, 1.165) is 22.2 Å². The van der Waals surface area contributed by atoms with Crippen LogP contribution in [-0.2, 0) is 11.3 Å². The van der Waals surface area contributed by atoms with Crippen molar-refractivity contribution >= 4 is 28.5 Å². The Morgan fingerprint density at radius 3 is 2.67 bits per heavy atom. The van der Waals surface area contributed by atoms with Gasteiger partial charge >= 0.3 is 11.9 Å². The van der Waals surface area contributed by atoms with Gasteiger partial charge in [0.25, 0.3) is 0 Å². The van der Waals surface area contributed by atoms with Crippen molar-refractivity contribution in [1.29, 1.82) is 0 Å². The number of aromatic amines is 1. The number of rotatable bonds is 11. The van der Waals surface area contributed by atoms with E-state index in [1.54, 1.807) is 12.3 Å². The number of H-pyrrole nitrogens is 1. The van der Waals surface area contributed by atoms with Crippen LogP contribution in [0.2, 0.25) is 0 Å². The van der Waals surface area contributed by atoms with Crippen molar-refractivity contribution in [3.8, 4) is 28.4 Å². The maximum Gasteiger partial charge on any atom is 0.338 e. The summed E-state index contributed by atoms with van der Waals surface area (Å²) in [5.74, 6) is -2.36. The minimum atomic E-state index is -1.35. The largest absolute Gasteiger partial charge is 0.492 e. The predicted molar refractivity (Wildman–Crippen MR) is 154 cm³/mol. The lowest BCUT2D eigenvalue weighted by Gasteiger charge is -2.10. The second-order valence-electron chi connectivity index (χ2n) is 9.56. The number of pyridine rings is 2. The monoisotopic (exact) mass is 570 g/mol. The third kappa shape index (κ3) is 6.18. The molecule has 0 fully saturated rings. The number of aliphatic carboxylic acids is 1. The normalized spacial score (nSPS) is 11.8. The first-order chi connectivity index (χ1) is 20.2. The molecule has 12 heteroatoms. The lowest BCUT2D eigenvalue weighted by Crippen LogP contribution is -2.31. The molecular weight excluding hydrogens is 543 g/mol. The van der Waals surface area contributed by atoms with Crippen molar-refractivity contribution in [3.05, 3.63) is 89.8 Å². The zero-order valence-electron chi connectivity index (χ0n) is 22.5. The summed E-state index contributed by atoms with van der Waals surface area (Å²) in [6.07, 6.45) is 1.71. The van der Waals surface area contributed by atoms with Crippen molar-refractivity contribution in [2.75, 3.05) is 11.9 Å². The van der Waals surface area contributed by atoms with E-state index in [1.807, 2.05) is 43.3 Å². The number of carboxylic acid groups (broad SMARTS) is 2. The first kappa shape index (κ1) is 28.2. The summed E-state index contributed by atoms with van der Waals surface area (Å²) >= 11 is 0. The van der Waals surface area contributed by atoms with Crippen LogP contribution in [0.3, 0.4) is 0 Å². The molecule has 1 atom stereocenters. The molecule has 3 aromatic heterocycles. The molecule has 6 N–H and O–H groups in total. The summed E-state index contributed by atoms with van der Waals surface area (Å²) in [5, 5.41) is 21.9. The van der Waals surface area contributed by atoms with Crippen LogP contribution in [0, 0.1) is 12.7 Å². The fraction of sp³-hybridized carbons (Fsp3) is 0.167. The number of halogens is 1. The molecule has 0 bridgehead atoms. The molecule has 0 radical (unpaired) electrons. The molecule has 0 aliphatic heterocycles. The van der Waals surface area contributed by atoms with Crippen LogP contribution >= 0.6 is 0 Å². The van der Waals surface area contributed by atoms with Crippen LogP contribution in [0.1, 0.15) is 28.3 Å². The Bertz CT molecular complexity index is 1790. The third-order valence-electron chi connectivity index (χ3n) is 6.52. The van der Waals surface area contributed by atoms with Gasteiger partial charge in [0, 0.05) is 23.1 Å². The van der Waals surface area contributed by atoms with Crippen molar-refractivity contribution in [1.82, 2.24) is 19.9 Å². The number of ether oxygens (including phenoxy) is 1. The van der Waals surface area contributed by atoms with Gasteiger partial charge in [-0.3, -0.25) is 14.8 Å². The van der Waals surface area contributed by atoms with E-state index in [2.05, 4.69) is 20.3 Å². The zero-order chi connectivity index (χ0) is 29.8. The van der Waals surface area contributed by atoms with Gasteiger partial charge in [-0.05, 0) is 49.4 Å². The Hall–Kier alpha value is -5.36. The highest BCUT2D eigenvalue weighted by atomic mass is 19.1. The molecule has 5 rings (SSSR count). The molecule has 2 aromatic carbocycles. The van der Waals surface area contributed by atoms with E-state index < -0.39 is 29.4 Å². The van der Waals surface area contributed by atoms with Gasteiger partial charge in [-0.25, -0.2) is 14.2 Å². The van der Waals surface area contributed by atoms with Crippen LogP contribution in [0.5, 0.6) is 5.75 Å². The van der Waals surface area contributed by atoms with Gasteiger partial charge < -0.3 is 31.0 Å². The second kappa shape index (κ2) is 12.0. The SMILES string of the molecule is Cc1cccc(-c2[nH]c(CNc3cccc(C(=O)O)c3F)nc2-c2ccc3ncc(OCC[C@H](N)C(=O)O)cc3c2)n1. The van der Waals surface area contributed by atoms with E-state index in [0.29, 0.717) is 28.7 Å². The van der Waals surface area contributed by atoms with Crippen molar-refractivity contribution < 1.29 is 28.9 Å². The molecular formula is C30H27FN6O5. The molecule has 3 heterocycles. The highest BCUT2D eigenvalue weighted by Gasteiger charge is 2.18. The van der Waals surface area contributed by atoms with Gasteiger partial charge in [0.05, 0.1) is 53.2 Å². The third-order valence-corrected chi connectivity index (χ3v) is 6.52. The number of aryl methyl sites for hydroxylation is 1. The number of carbonyl (C=O) groups is 2. The molecule has 0 spiro atoms. The Labute approximate surface area is 239 Å². The molecule has 11 nitrogen and oxygen atoms in total. The minimum absolute atomic E-state index is 0.0386. The predicted octanol–water partition coefficient (Wildman–Crippen LogP) is 4.63. The first-order valence-corrected chi connectivity index (χ1v) is 13.0. The molecule has 0 unspecified atom stereocenters. The van der Waals surface area contributed by atoms with Crippen molar-refractivity contribution in [3.63, 3.8) is 0 Å². The standard InChI is InChI=1S/C30H27FN6O5/c1-16-4-2-7-24(35-16)28-27(36-25(37-28)15-34-23-6-3-5-20(26(23)31)29(38)39)17-8-9-22-18(12-17)13-19(14-33-22)42-11-10-21(32)30(40)41/h2-9,12-14,21,34H,10-11,15,32H2,1H3,(H,36,37)(H,38,39)(H,40,41)/t21-/m0/s1. The number of nitrogens with one attached hydrogen (secondary N) is 2. The summed E-state index contributed by atoms with van der Waals surface area (Å²) in [6.45, 7) is 2.09. The molecule has 0 saturated heterocycles. The number of aromatic nitrogens is 4. The Morgan fingerprint density at radius 1 is 1.10 bits per heavy atom. The van der Waals surface area contributed by atoms with Crippen molar-refractivity contribution in [2.24, 2.45) is 5.73 Å². The molecule has 42 heavy (non-hydrogen) atoms. The van der Waals surface area contributed by atoms with Crippen molar-refractivity contribution in [2.45, 2.75) is 25.9 Å². The molecule has 214 valence electrons. The van der Waals surface area contributed by atoms with E-state index in [4.69, 9.17) is 20.6 Å². The number of carboxylic acids is 2. The number of imidazole rings is 1. The summed E-state index contributed by atoms with van der Waals surface area (Å²) in [5.41, 5.74) is 9.36. The highest BCUT2D eigenvalue weighted by Crippen LogP contribution is 2.32. The lowest BCUT2D eigenvalue weighted by atomic mass is 10.1. The van der Waals surface area contributed by atoms with Gasteiger partial charge in [0.1, 0.15) is 17.6 Å². The fourth-order valence-electron chi connectivity index (χ4n) is 4.36. The molecule has 0 saturated carbocycles. The number of aromatic carboxylic acids is 1. The number of fused-ring (bicyclic) bond motifs is 1. The number of nitrogens with two attached hydrogens (primary N) is 1. The summed E-state index contributed by atoms with van der Waals surface area (Å²) in [4.78, 5) is 39.4. The number of hydrogen-bond acceptors (Lipinski definition) is 8. The van der Waals surface area contributed by atoms with E-state index in [9.17, 15) is 19.1 Å². The lowest BCUT2D eigenvalue weighted by molar-refractivity contribution is -0.138. The smallest absolute Gasteiger partial charge is 0.338 e. The number of hydrogen-bond donors (Lipinski definition) is 5. The van der Waals surface area contributed by atoms with Gasteiger partial charge in [0.2, 0.25) is 0 Å². The van der Waals surface area contributed by atoms with Gasteiger partial charge in [-0.1, -0.05) is 18.2 Å². The number of benzene rings is 2. The van der Waals surface area contributed by atoms with Crippen LogP contribution in [0.25, 0.3) is 33.5 Å². The summed E-state index contributed by atoms with van der Waals surface area (Å²) in [6, 6.07) is 16.2. The molecule has 5 aromatic rings. The summed E-state index contributed by atoms with van der Waals surface area (Å²) < 4.78 is 20.4. The fourth-order valence-corrected chi connectivity index (χ4v) is 4.36. The van der Waals surface area contributed by atoms with E-state index >= 15 is 0 Å². The average molecular weight is 571 g/mol.